The predicted octanol–water partition coefficient (Wildman–Crippen LogP) is 4.83. The lowest BCUT2D eigenvalue weighted by Gasteiger charge is -2.37. The van der Waals surface area contributed by atoms with Crippen LogP contribution in [0.1, 0.15) is 40.0 Å². The first-order valence-electron chi connectivity index (χ1n) is 7.94. The van der Waals surface area contributed by atoms with E-state index in [1.807, 2.05) is 0 Å². The highest BCUT2D eigenvalue weighted by atomic mass is 28.4. The van der Waals surface area contributed by atoms with Crippen LogP contribution in [-0.4, -0.2) is 33.8 Å². The van der Waals surface area contributed by atoms with Gasteiger partial charge in [-0.2, -0.15) is 0 Å². The number of hydrogen-bond acceptors (Lipinski definition) is 4. The molecule has 0 saturated heterocycles. The summed E-state index contributed by atoms with van der Waals surface area (Å²) in [5.74, 6) is 0. The summed E-state index contributed by atoms with van der Waals surface area (Å²) < 4.78 is 16.6. The normalized spacial score (nSPS) is 19.3. The van der Waals surface area contributed by atoms with Gasteiger partial charge in [-0.25, -0.2) is 4.79 Å². The SMILES string of the molecule is C=CCOC(=O)OC1CCCC=C1CO[Si](C)(C)C(C)(C)C. The van der Waals surface area contributed by atoms with Crippen LogP contribution in [0.2, 0.25) is 18.1 Å². The average Bonchev–Trinajstić information content (AvgIpc) is 2.43. The molecule has 0 fully saturated rings. The van der Waals surface area contributed by atoms with Gasteiger partial charge in [0.2, 0.25) is 0 Å². The lowest BCUT2D eigenvalue weighted by atomic mass is 9.97. The van der Waals surface area contributed by atoms with E-state index in [0.717, 1.165) is 24.8 Å². The van der Waals surface area contributed by atoms with Crippen molar-refractivity contribution in [2.24, 2.45) is 0 Å². The van der Waals surface area contributed by atoms with Crippen LogP contribution in [0, 0.1) is 0 Å². The van der Waals surface area contributed by atoms with Crippen LogP contribution in [0.3, 0.4) is 0 Å². The maximum Gasteiger partial charge on any atom is 0.509 e. The van der Waals surface area contributed by atoms with E-state index in [4.69, 9.17) is 13.9 Å². The molecule has 5 heteroatoms. The van der Waals surface area contributed by atoms with Gasteiger partial charge in [-0.1, -0.05) is 39.5 Å². The van der Waals surface area contributed by atoms with Crippen molar-refractivity contribution in [1.29, 1.82) is 0 Å². The third kappa shape index (κ3) is 5.61. The van der Waals surface area contributed by atoms with Crippen molar-refractivity contribution in [3.05, 3.63) is 24.3 Å². The van der Waals surface area contributed by atoms with Crippen molar-refractivity contribution in [3.8, 4) is 0 Å². The fraction of sp³-hybridized carbons (Fsp3) is 0.706. The Hall–Kier alpha value is -1.07. The molecule has 126 valence electrons. The lowest BCUT2D eigenvalue weighted by molar-refractivity contribution is 0.0333. The molecule has 22 heavy (non-hydrogen) atoms. The molecule has 0 amide bonds. The number of carbonyl (C=O) groups excluding carboxylic acids is 1. The van der Waals surface area contributed by atoms with Crippen LogP contribution in [0.15, 0.2) is 24.3 Å². The zero-order valence-electron chi connectivity index (χ0n) is 14.6. The molecule has 1 unspecified atom stereocenters. The fourth-order valence-electron chi connectivity index (χ4n) is 1.95. The van der Waals surface area contributed by atoms with Crippen LogP contribution < -0.4 is 0 Å². The van der Waals surface area contributed by atoms with Crippen molar-refractivity contribution >= 4 is 14.5 Å². The summed E-state index contributed by atoms with van der Waals surface area (Å²) in [6.07, 6.45) is 5.67. The minimum absolute atomic E-state index is 0.168. The molecule has 4 nitrogen and oxygen atoms in total. The molecule has 0 aromatic rings. The Bertz CT molecular complexity index is 421. The molecule has 0 bridgehead atoms. The van der Waals surface area contributed by atoms with E-state index in [0.29, 0.717) is 6.61 Å². The Morgan fingerprint density at radius 2 is 2.14 bits per heavy atom. The maximum atomic E-state index is 11.6. The summed E-state index contributed by atoms with van der Waals surface area (Å²) in [7, 11) is -1.81. The van der Waals surface area contributed by atoms with Crippen LogP contribution in [0.4, 0.5) is 4.79 Å². The first-order valence-corrected chi connectivity index (χ1v) is 10.9. The number of rotatable bonds is 6. The second-order valence-corrected chi connectivity index (χ2v) is 12.0. The molecular formula is C17H30O4Si. The minimum atomic E-state index is -1.81. The molecule has 0 radical (unpaired) electrons. The van der Waals surface area contributed by atoms with Gasteiger partial charge in [-0.15, -0.1) is 0 Å². The third-order valence-electron chi connectivity index (χ3n) is 4.45. The molecule has 0 aromatic heterocycles. The summed E-state index contributed by atoms with van der Waals surface area (Å²) in [5, 5.41) is 0.168. The highest BCUT2D eigenvalue weighted by molar-refractivity contribution is 6.74. The molecule has 1 atom stereocenters. The number of hydrogen-bond donors (Lipinski definition) is 0. The van der Waals surface area contributed by atoms with Crippen molar-refractivity contribution in [2.75, 3.05) is 13.2 Å². The second-order valence-electron chi connectivity index (χ2n) is 7.22. The maximum absolute atomic E-state index is 11.6. The molecule has 0 N–H and O–H groups in total. The van der Waals surface area contributed by atoms with Crippen LogP contribution >= 0.6 is 0 Å². The van der Waals surface area contributed by atoms with Gasteiger partial charge in [0.1, 0.15) is 12.7 Å². The largest absolute Gasteiger partial charge is 0.509 e. The Kier molecular flexibility index (Phi) is 6.87. The second kappa shape index (κ2) is 7.97. The molecule has 1 rings (SSSR count). The first-order chi connectivity index (χ1) is 10.2. The molecule has 0 aliphatic heterocycles. The fourth-order valence-corrected chi connectivity index (χ4v) is 2.91. The standard InChI is InChI=1S/C17H30O4Si/c1-7-12-19-16(18)21-15-11-9-8-10-14(15)13-20-22(5,6)17(2,3)4/h7,10,15H,1,8-9,11-13H2,2-6H3. The smallest absolute Gasteiger partial charge is 0.430 e. The van der Waals surface area contributed by atoms with Gasteiger partial charge < -0.3 is 13.9 Å². The van der Waals surface area contributed by atoms with Gasteiger partial charge in [0, 0.05) is 0 Å². The molecule has 0 saturated carbocycles. The molecule has 1 aliphatic carbocycles. The summed E-state index contributed by atoms with van der Waals surface area (Å²) in [6, 6.07) is 0. The number of ether oxygens (including phenoxy) is 2. The van der Waals surface area contributed by atoms with Gasteiger partial charge in [0.15, 0.2) is 8.32 Å². The van der Waals surface area contributed by atoms with Gasteiger partial charge in [-0.05, 0) is 43.0 Å². The molecule has 0 aromatic carbocycles. The number of carbonyl (C=O) groups is 1. The molecular weight excluding hydrogens is 296 g/mol. The summed E-state index contributed by atoms with van der Waals surface area (Å²) in [4.78, 5) is 11.6. The third-order valence-corrected chi connectivity index (χ3v) is 8.93. The number of allylic oxidation sites excluding steroid dienone is 1. The van der Waals surface area contributed by atoms with E-state index in [1.54, 1.807) is 0 Å². The topological polar surface area (TPSA) is 44.8 Å². The predicted molar refractivity (Wildman–Crippen MR) is 91.5 cm³/mol. The summed E-state index contributed by atoms with van der Waals surface area (Å²) in [6.45, 7) is 15.3. The van der Waals surface area contributed by atoms with Gasteiger partial charge in [-0.3, -0.25) is 0 Å². The van der Waals surface area contributed by atoms with Crippen molar-refractivity contribution < 1.29 is 18.7 Å². The van der Waals surface area contributed by atoms with E-state index >= 15 is 0 Å². The highest BCUT2D eigenvalue weighted by Crippen LogP contribution is 2.37. The van der Waals surface area contributed by atoms with Crippen molar-refractivity contribution in [1.82, 2.24) is 0 Å². The van der Waals surface area contributed by atoms with Gasteiger partial charge >= 0.3 is 6.16 Å². The van der Waals surface area contributed by atoms with Crippen LogP contribution in [-0.2, 0) is 13.9 Å². The minimum Gasteiger partial charge on any atom is -0.430 e. The van der Waals surface area contributed by atoms with Gasteiger partial charge in [0.05, 0.1) is 6.61 Å². The van der Waals surface area contributed by atoms with Crippen molar-refractivity contribution in [2.45, 2.75) is 64.3 Å². The monoisotopic (exact) mass is 326 g/mol. The molecule has 1 aliphatic rings. The van der Waals surface area contributed by atoms with Crippen LogP contribution in [0.25, 0.3) is 0 Å². The van der Waals surface area contributed by atoms with E-state index < -0.39 is 14.5 Å². The Morgan fingerprint density at radius 1 is 1.45 bits per heavy atom. The zero-order valence-corrected chi connectivity index (χ0v) is 15.6. The highest BCUT2D eigenvalue weighted by Gasteiger charge is 2.37. The quantitative estimate of drug-likeness (QED) is 0.398. The molecule has 0 spiro atoms. The summed E-state index contributed by atoms with van der Waals surface area (Å²) >= 11 is 0. The van der Waals surface area contributed by atoms with E-state index in [-0.39, 0.29) is 17.7 Å². The zero-order chi connectivity index (χ0) is 16.8. The van der Waals surface area contributed by atoms with Crippen molar-refractivity contribution in [3.63, 3.8) is 0 Å². The molecule has 0 heterocycles. The Morgan fingerprint density at radius 3 is 2.73 bits per heavy atom. The summed E-state index contributed by atoms with van der Waals surface area (Å²) in [5.41, 5.74) is 1.06. The van der Waals surface area contributed by atoms with E-state index in [1.165, 1.54) is 6.08 Å². The van der Waals surface area contributed by atoms with E-state index in [2.05, 4.69) is 46.5 Å². The van der Waals surface area contributed by atoms with Gasteiger partial charge in [0.25, 0.3) is 0 Å². The Labute approximate surface area is 135 Å². The lowest BCUT2D eigenvalue weighted by Crippen LogP contribution is -2.42. The van der Waals surface area contributed by atoms with Crippen LogP contribution in [0.5, 0.6) is 0 Å². The first kappa shape index (κ1) is 19.0. The Balaban J connectivity index is 2.61. The average molecular weight is 327 g/mol. The van der Waals surface area contributed by atoms with E-state index in [9.17, 15) is 4.79 Å².